The Labute approximate surface area is 248 Å². The van der Waals surface area contributed by atoms with Crippen LogP contribution in [0.15, 0.2) is 66.3 Å². The van der Waals surface area contributed by atoms with Gasteiger partial charge in [0.2, 0.25) is 0 Å². The number of piperidine rings is 1. The molecule has 0 spiro atoms. The highest BCUT2D eigenvalue weighted by Gasteiger charge is 2.43. The van der Waals surface area contributed by atoms with Gasteiger partial charge in [-0.25, -0.2) is 9.97 Å². The topological polar surface area (TPSA) is 94.2 Å². The summed E-state index contributed by atoms with van der Waals surface area (Å²) in [4.78, 5) is 36.0. The largest absolute Gasteiger partial charge is 0.352 e. The van der Waals surface area contributed by atoms with Gasteiger partial charge in [0.05, 0.1) is 23.0 Å². The van der Waals surface area contributed by atoms with E-state index >= 15 is 0 Å². The zero-order valence-electron chi connectivity index (χ0n) is 24.6. The summed E-state index contributed by atoms with van der Waals surface area (Å²) >= 11 is 0. The minimum absolute atomic E-state index is 0.111. The minimum Gasteiger partial charge on any atom is -0.352 e. The second-order valence-electron chi connectivity index (χ2n) is 11.2. The van der Waals surface area contributed by atoms with E-state index in [1.165, 1.54) is 11.9 Å². The molecule has 1 aromatic carbocycles. The van der Waals surface area contributed by atoms with Crippen LogP contribution in [0.5, 0.6) is 0 Å². The van der Waals surface area contributed by atoms with Gasteiger partial charge in [-0.2, -0.15) is 6.57 Å². The van der Waals surface area contributed by atoms with Crippen molar-refractivity contribution in [1.82, 2.24) is 35.0 Å². The van der Waals surface area contributed by atoms with Crippen molar-refractivity contribution in [3.05, 3.63) is 101 Å². The number of aromatic nitrogens is 3. The third kappa shape index (κ3) is 6.58. The first kappa shape index (κ1) is 29.1. The standard InChI is InChI=1S/C32H39N9O/c1-23(12-16-35-31(42)30-24(2)36-22-37-25(30)3)39-17-13-28(14-18-39)41-29(27-10-6-5-7-11-27)21-40(32(41)38-33-4)20-26-9-8-15-34-19-26/h5-11,15,19,22-23,28-29H,12-14,16-18,20-21H2,1-3H3,(H,35,42)/t23?,29-/m0/s1. The molecule has 0 radical (unpaired) electrons. The van der Waals surface area contributed by atoms with Gasteiger partial charge in [0.25, 0.3) is 11.9 Å². The van der Waals surface area contributed by atoms with Gasteiger partial charge in [0.15, 0.2) is 0 Å². The molecular weight excluding hydrogens is 526 g/mol. The Hall–Kier alpha value is -4.36. The third-order valence-corrected chi connectivity index (χ3v) is 8.48. The number of hydrogen-bond acceptors (Lipinski definition) is 6. The minimum atomic E-state index is -0.111. The van der Waals surface area contributed by atoms with Crippen LogP contribution in [-0.4, -0.2) is 79.8 Å². The van der Waals surface area contributed by atoms with E-state index in [0.717, 1.165) is 50.4 Å². The van der Waals surface area contributed by atoms with E-state index in [9.17, 15) is 4.79 Å². The molecule has 2 aliphatic heterocycles. The van der Waals surface area contributed by atoms with Crippen molar-refractivity contribution in [2.75, 3.05) is 26.2 Å². The number of nitrogens with zero attached hydrogens (tertiary/aromatic N) is 8. The molecule has 10 nitrogen and oxygen atoms in total. The first-order valence-corrected chi connectivity index (χ1v) is 14.7. The predicted octanol–water partition coefficient (Wildman–Crippen LogP) is 4.21. The molecular formula is C32H39N9O. The molecule has 1 unspecified atom stereocenters. The molecule has 2 aromatic heterocycles. The fourth-order valence-electron chi connectivity index (χ4n) is 6.24. The second-order valence-corrected chi connectivity index (χ2v) is 11.2. The molecule has 10 heteroatoms. The van der Waals surface area contributed by atoms with Crippen LogP contribution in [0.1, 0.15) is 65.1 Å². The van der Waals surface area contributed by atoms with Gasteiger partial charge in [0, 0.05) is 57.2 Å². The van der Waals surface area contributed by atoms with Gasteiger partial charge in [0.1, 0.15) is 11.4 Å². The monoisotopic (exact) mass is 565 g/mol. The van der Waals surface area contributed by atoms with E-state index in [1.54, 1.807) is 6.20 Å². The first-order chi connectivity index (χ1) is 20.5. The van der Waals surface area contributed by atoms with Crippen LogP contribution in [0.2, 0.25) is 0 Å². The van der Waals surface area contributed by atoms with Crippen molar-refractivity contribution in [2.24, 2.45) is 5.10 Å². The van der Waals surface area contributed by atoms with Crippen molar-refractivity contribution in [2.45, 2.75) is 64.7 Å². The van der Waals surface area contributed by atoms with Crippen molar-refractivity contribution < 1.29 is 4.79 Å². The summed E-state index contributed by atoms with van der Waals surface area (Å²) in [6.45, 7) is 17.5. The van der Waals surface area contributed by atoms with E-state index in [-0.39, 0.29) is 18.0 Å². The molecule has 0 saturated carbocycles. The van der Waals surface area contributed by atoms with Gasteiger partial charge in [-0.15, -0.1) is 4.95 Å². The van der Waals surface area contributed by atoms with Gasteiger partial charge < -0.3 is 20.0 Å². The Kier molecular flexibility index (Phi) is 9.39. The zero-order valence-corrected chi connectivity index (χ0v) is 24.6. The number of nitrogens with one attached hydrogen (secondary N) is 1. The quantitative estimate of drug-likeness (QED) is 0.307. The molecule has 2 atom stereocenters. The Morgan fingerprint density at radius 2 is 1.86 bits per heavy atom. The molecule has 0 bridgehead atoms. The summed E-state index contributed by atoms with van der Waals surface area (Å²) in [6.07, 6.45) is 7.99. The van der Waals surface area contributed by atoms with Crippen LogP contribution in [0.3, 0.4) is 0 Å². The van der Waals surface area contributed by atoms with Gasteiger partial charge in [-0.1, -0.05) is 36.4 Å². The number of pyridine rings is 1. The number of likely N-dealkylation sites (tertiary alicyclic amines) is 1. The summed E-state index contributed by atoms with van der Waals surface area (Å²) in [5.74, 6) is 0.646. The average Bonchev–Trinajstić information content (AvgIpc) is 3.35. The molecule has 3 aromatic rings. The molecule has 0 aliphatic carbocycles. The molecule has 2 aliphatic rings. The Morgan fingerprint density at radius 3 is 2.52 bits per heavy atom. The SMILES string of the molecule is [C-]#[N+]N=C1N(Cc2cccnc2)C[C@@H](c2ccccc2)N1C1CCN(C(C)CCNC(=O)c2c(C)ncnc2C)CC1. The lowest BCUT2D eigenvalue weighted by atomic mass is 9.98. The molecule has 4 heterocycles. The molecule has 5 rings (SSSR count). The number of carbonyl (C=O) groups is 1. The zero-order chi connectivity index (χ0) is 29.5. The van der Waals surface area contributed by atoms with Crippen molar-refractivity contribution in [3.8, 4) is 0 Å². The van der Waals surface area contributed by atoms with E-state index in [2.05, 4.69) is 82.3 Å². The number of rotatable bonds is 9. The number of amides is 1. The number of hydrogen-bond donors (Lipinski definition) is 1. The van der Waals surface area contributed by atoms with E-state index in [0.29, 0.717) is 36.1 Å². The van der Waals surface area contributed by atoms with Crippen LogP contribution in [0, 0.1) is 20.4 Å². The molecule has 42 heavy (non-hydrogen) atoms. The van der Waals surface area contributed by atoms with Crippen LogP contribution in [-0.2, 0) is 6.54 Å². The number of carbonyl (C=O) groups excluding carboxylic acids is 1. The summed E-state index contributed by atoms with van der Waals surface area (Å²) in [6, 6.07) is 15.3. The summed E-state index contributed by atoms with van der Waals surface area (Å²) in [5.41, 5.74) is 4.31. The maximum Gasteiger partial charge on any atom is 0.284 e. The van der Waals surface area contributed by atoms with Crippen LogP contribution in [0.4, 0.5) is 0 Å². The van der Waals surface area contributed by atoms with Crippen LogP contribution < -0.4 is 5.32 Å². The summed E-state index contributed by atoms with van der Waals surface area (Å²) in [7, 11) is 0. The molecule has 1 amide bonds. The number of aryl methyl sites for hydroxylation is 2. The van der Waals surface area contributed by atoms with Crippen molar-refractivity contribution >= 4 is 11.9 Å². The first-order valence-electron chi connectivity index (χ1n) is 14.7. The normalized spacial score (nSPS) is 19.6. The van der Waals surface area contributed by atoms with Gasteiger partial charge in [-0.3, -0.25) is 9.78 Å². The number of guanidine groups is 1. The van der Waals surface area contributed by atoms with Crippen molar-refractivity contribution in [3.63, 3.8) is 0 Å². The van der Waals surface area contributed by atoms with E-state index in [4.69, 9.17) is 6.57 Å². The van der Waals surface area contributed by atoms with E-state index in [1.807, 2.05) is 32.2 Å². The molecule has 1 N–H and O–H groups in total. The Balaban J connectivity index is 1.23. The Morgan fingerprint density at radius 1 is 1.12 bits per heavy atom. The fourth-order valence-corrected chi connectivity index (χ4v) is 6.24. The highest BCUT2D eigenvalue weighted by Crippen LogP contribution is 2.36. The average molecular weight is 566 g/mol. The fraction of sp³-hybridized carbons (Fsp3) is 0.438. The van der Waals surface area contributed by atoms with Crippen LogP contribution in [0.25, 0.3) is 4.95 Å². The molecule has 218 valence electrons. The molecule has 2 saturated heterocycles. The summed E-state index contributed by atoms with van der Waals surface area (Å²) < 4.78 is 0. The maximum atomic E-state index is 12.8. The number of benzene rings is 1. The van der Waals surface area contributed by atoms with E-state index < -0.39 is 0 Å². The third-order valence-electron chi connectivity index (χ3n) is 8.48. The maximum absolute atomic E-state index is 12.8. The Bertz CT molecular complexity index is 1390. The van der Waals surface area contributed by atoms with Crippen molar-refractivity contribution in [1.29, 1.82) is 0 Å². The molecule has 2 fully saturated rings. The lowest BCUT2D eigenvalue weighted by Gasteiger charge is -2.41. The van der Waals surface area contributed by atoms with Gasteiger partial charge in [-0.05, 0) is 57.2 Å². The lowest BCUT2D eigenvalue weighted by molar-refractivity contribution is 0.0929. The second kappa shape index (κ2) is 13.5. The lowest BCUT2D eigenvalue weighted by Crippen LogP contribution is -2.50. The summed E-state index contributed by atoms with van der Waals surface area (Å²) in [5, 5.41) is 7.42. The highest BCUT2D eigenvalue weighted by molar-refractivity contribution is 5.96. The predicted molar refractivity (Wildman–Crippen MR) is 162 cm³/mol. The highest BCUT2D eigenvalue weighted by atomic mass is 16.1. The smallest absolute Gasteiger partial charge is 0.284 e. The van der Waals surface area contributed by atoms with Crippen LogP contribution >= 0.6 is 0 Å². The van der Waals surface area contributed by atoms with Gasteiger partial charge >= 0.3 is 0 Å².